The van der Waals surface area contributed by atoms with Crippen molar-refractivity contribution in [1.29, 1.82) is 0 Å². The molecule has 1 saturated heterocycles. The highest BCUT2D eigenvalue weighted by molar-refractivity contribution is 6.00. The number of hydrogen-bond acceptors (Lipinski definition) is 3. The van der Waals surface area contributed by atoms with Gasteiger partial charge in [0.25, 0.3) is 5.91 Å². The fraction of sp³-hybridized carbons (Fsp3) is 0.571. The van der Waals surface area contributed by atoms with E-state index in [1.165, 1.54) is 13.5 Å². The van der Waals surface area contributed by atoms with E-state index < -0.39 is 5.97 Å². The number of amides is 1. The van der Waals surface area contributed by atoms with Crippen LogP contribution >= 0.6 is 0 Å². The van der Waals surface area contributed by atoms with Gasteiger partial charge in [0.1, 0.15) is 5.69 Å². The number of H-pyrrole nitrogens is 1. The van der Waals surface area contributed by atoms with Crippen LogP contribution < -0.4 is 0 Å². The summed E-state index contributed by atoms with van der Waals surface area (Å²) in [5.74, 6) is -0.417. The quantitative estimate of drug-likeness (QED) is 0.831. The number of hydrogen-bond donors (Lipinski definition) is 1. The van der Waals surface area contributed by atoms with E-state index in [-0.39, 0.29) is 5.91 Å². The third-order valence-corrected chi connectivity index (χ3v) is 3.68. The van der Waals surface area contributed by atoms with Gasteiger partial charge < -0.3 is 14.6 Å². The monoisotopic (exact) mass is 264 g/mol. The molecule has 0 atom stereocenters. The molecule has 1 aliphatic heterocycles. The Hall–Kier alpha value is -1.78. The molecule has 1 N–H and O–H groups in total. The number of piperidine rings is 1. The van der Waals surface area contributed by atoms with Crippen LogP contribution in [0.3, 0.4) is 0 Å². The highest BCUT2D eigenvalue weighted by atomic mass is 16.5. The second kappa shape index (κ2) is 5.47. The van der Waals surface area contributed by atoms with Crippen LogP contribution in [0.1, 0.15) is 51.4 Å². The summed E-state index contributed by atoms with van der Waals surface area (Å²) in [6, 6.07) is 0. The molecule has 1 aliphatic rings. The van der Waals surface area contributed by atoms with Gasteiger partial charge in [-0.05, 0) is 38.7 Å². The van der Waals surface area contributed by atoms with E-state index in [4.69, 9.17) is 4.74 Å². The molecule has 0 bridgehead atoms. The highest BCUT2D eigenvalue weighted by Crippen LogP contribution is 2.21. The predicted molar refractivity (Wildman–Crippen MR) is 71.4 cm³/mol. The number of ether oxygens (including phenoxy) is 1. The number of aromatic amines is 1. The average Bonchev–Trinajstić information content (AvgIpc) is 2.73. The molecular weight excluding hydrogens is 244 g/mol. The second-order valence-corrected chi connectivity index (χ2v) is 4.97. The van der Waals surface area contributed by atoms with Crippen LogP contribution in [0.4, 0.5) is 0 Å². The van der Waals surface area contributed by atoms with Crippen molar-refractivity contribution in [3.8, 4) is 0 Å². The van der Waals surface area contributed by atoms with E-state index in [0.717, 1.165) is 25.9 Å². The van der Waals surface area contributed by atoms with Crippen LogP contribution in [0, 0.1) is 13.8 Å². The van der Waals surface area contributed by atoms with Crippen LogP contribution in [0.5, 0.6) is 0 Å². The van der Waals surface area contributed by atoms with E-state index in [2.05, 4.69) is 4.98 Å². The van der Waals surface area contributed by atoms with E-state index in [1.807, 2.05) is 4.90 Å². The number of esters is 1. The van der Waals surface area contributed by atoms with Crippen LogP contribution in [0.2, 0.25) is 0 Å². The summed E-state index contributed by atoms with van der Waals surface area (Å²) < 4.78 is 4.75. The molecule has 0 aromatic carbocycles. The van der Waals surface area contributed by atoms with Gasteiger partial charge in [0.05, 0.1) is 12.7 Å². The largest absolute Gasteiger partial charge is 0.465 e. The number of likely N-dealkylation sites (tertiary alicyclic amines) is 1. The van der Waals surface area contributed by atoms with Gasteiger partial charge in [-0.1, -0.05) is 0 Å². The molecule has 1 aromatic rings. The van der Waals surface area contributed by atoms with Crippen LogP contribution in [-0.4, -0.2) is 42.0 Å². The standard InChI is InChI=1S/C14H20N2O3/c1-9-11(14(18)19-3)10(2)15-12(9)13(17)16-7-5-4-6-8-16/h15H,4-8H2,1-3H3. The maximum Gasteiger partial charge on any atom is 0.339 e. The summed E-state index contributed by atoms with van der Waals surface area (Å²) >= 11 is 0. The Kier molecular flexibility index (Phi) is 3.93. The van der Waals surface area contributed by atoms with Crippen molar-refractivity contribution in [2.45, 2.75) is 33.1 Å². The first-order chi connectivity index (χ1) is 9.06. The van der Waals surface area contributed by atoms with E-state index in [9.17, 15) is 9.59 Å². The van der Waals surface area contributed by atoms with E-state index in [0.29, 0.717) is 22.5 Å². The van der Waals surface area contributed by atoms with Crippen molar-refractivity contribution >= 4 is 11.9 Å². The van der Waals surface area contributed by atoms with Crippen molar-refractivity contribution < 1.29 is 14.3 Å². The zero-order valence-electron chi connectivity index (χ0n) is 11.7. The topological polar surface area (TPSA) is 62.4 Å². The molecule has 2 rings (SSSR count). The Balaban J connectivity index is 2.30. The molecule has 5 heteroatoms. The third-order valence-electron chi connectivity index (χ3n) is 3.68. The van der Waals surface area contributed by atoms with Gasteiger partial charge in [-0.15, -0.1) is 0 Å². The smallest absolute Gasteiger partial charge is 0.339 e. The lowest BCUT2D eigenvalue weighted by Crippen LogP contribution is -2.36. The molecular formula is C14H20N2O3. The molecule has 0 unspecified atom stereocenters. The molecule has 19 heavy (non-hydrogen) atoms. The predicted octanol–water partition coefficient (Wildman–Crippen LogP) is 2.04. The first kappa shape index (κ1) is 13.6. The average molecular weight is 264 g/mol. The summed E-state index contributed by atoms with van der Waals surface area (Å²) in [5, 5.41) is 0. The van der Waals surface area contributed by atoms with Gasteiger partial charge in [0.2, 0.25) is 0 Å². The minimum absolute atomic E-state index is 0.0181. The molecule has 0 aliphatic carbocycles. The summed E-state index contributed by atoms with van der Waals surface area (Å²) in [6.45, 7) is 5.16. The summed E-state index contributed by atoms with van der Waals surface area (Å²) in [6.07, 6.45) is 3.28. The lowest BCUT2D eigenvalue weighted by atomic mass is 10.1. The fourth-order valence-electron chi connectivity index (χ4n) is 2.63. The molecule has 0 saturated carbocycles. The van der Waals surface area contributed by atoms with Crippen molar-refractivity contribution in [1.82, 2.24) is 9.88 Å². The molecule has 0 spiro atoms. The lowest BCUT2D eigenvalue weighted by Gasteiger charge is -2.26. The number of carbonyl (C=O) groups excluding carboxylic acids is 2. The van der Waals surface area contributed by atoms with Gasteiger partial charge in [0.15, 0.2) is 0 Å². The minimum atomic E-state index is -0.399. The van der Waals surface area contributed by atoms with Gasteiger partial charge in [-0.2, -0.15) is 0 Å². The number of carbonyl (C=O) groups is 2. The highest BCUT2D eigenvalue weighted by Gasteiger charge is 2.26. The first-order valence-electron chi connectivity index (χ1n) is 6.63. The van der Waals surface area contributed by atoms with Gasteiger partial charge in [0, 0.05) is 18.8 Å². The fourth-order valence-corrected chi connectivity index (χ4v) is 2.63. The van der Waals surface area contributed by atoms with Crippen molar-refractivity contribution in [2.24, 2.45) is 0 Å². The Morgan fingerprint density at radius 3 is 2.37 bits per heavy atom. The zero-order valence-corrected chi connectivity index (χ0v) is 11.7. The van der Waals surface area contributed by atoms with Crippen molar-refractivity contribution in [2.75, 3.05) is 20.2 Å². The number of aromatic nitrogens is 1. The Labute approximate surface area is 112 Å². The SMILES string of the molecule is COC(=O)c1c(C)[nH]c(C(=O)N2CCCCC2)c1C. The van der Waals surface area contributed by atoms with Crippen LogP contribution in [-0.2, 0) is 4.74 Å². The molecule has 104 valence electrons. The van der Waals surface area contributed by atoms with Gasteiger partial charge in [-0.25, -0.2) is 4.79 Å². The van der Waals surface area contributed by atoms with E-state index in [1.54, 1.807) is 13.8 Å². The Morgan fingerprint density at radius 1 is 1.16 bits per heavy atom. The minimum Gasteiger partial charge on any atom is -0.465 e. The summed E-state index contributed by atoms with van der Waals surface area (Å²) in [7, 11) is 1.35. The number of aryl methyl sites for hydroxylation is 1. The molecule has 1 fully saturated rings. The Morgan fingerprint density at radius 2 is 1.79 bits per heavy atom. The second-order valence-electron chi connectivity index (χ2n) is 4.97. The Bertz CT molecular complexity index is 499. The first-order valence-corrected chi connectivity index (χ1v) is 6.63. The van der Waals surface area contributed by atoms with Gasteiger partial charge in [-0.3, -0.25) is 4.79 Å². The summed E-state index contributed by atoms with van der Waals surface area (Å²) in [5.41, 5.74) is 2.35. The van der Waals surface area contributed by atoms with Crippen LogP contribution in [0.15, 0.2) is 0 Å². The lowest BCUT2D eigenvalue weighted by molar-refractivity contribution is 0.0599. The summed E-state index contributed by atoms with van der Waals surface area (Å²) in [4.78, 5) is 29.0. The molecule has 2 heterocycles. The molecule has 0 radical (unpaired) electrons. The molecule has 5 nitrogen and oxygen atoms in total. The number of nitrogens with one attached hydrogen (secondary N) is 1. The number of nitrogens with zero attached hydrogens (tertiary/aromatic N) is 1. The van der Waals surface area contributed by atoms with Gasteiger partial charge >= 0.3 is 5.97 Å². The number of rotatable bonds is 2. The van der Waals surface area contributed by atoms with Crippen molar-refractivity contribution in [3.05, 3.63) is 22.5 Å². The van der Waals surface area contributed by atoms with E-state index >= 15 is 0 Å². The normalized spacial score (nSPS) is 15.4. The maximum atomic E-state index is 12.4. The zero-order chi connectivity index (χ0) is 14.0. The third kappa shape index (κ3) is 2.50. The number of methoxy groups -OCH3 is 1. The maximum absolute atomic E-state index is 12.4. The van der Waals surface area contributed by atoms with Crippen molar-refractivity contribution in [3.63, 3.8) is 0 Å². The van der Waals surface area contributed by atoms with Crippen LogP contribution in [0.25, 0.3) is 0 Å². The molecule has 1 aromatic heterocycles. The molecule has 1 amide bonds.